The highest BCUT2D eigenvalue weighted by molar-refractivity contribution is 5.78. The first-order chi connectivity index (χ1) is 11.7. The molecule has 2 saturated heterocycles. The lowest BCUT2D eigenvalue weighted by atomic mass is 10.1. The molecule has 2 N–H and O–H groups in total. The molecule has 0 bridgehead atoms. The van der Waals surface area contributed by atoms with Crippen molar-refractivity contribution in [1.82, 2.24) is 9.80 Å². The monoisotopic (exact) mass is 333 g/mol. The number of benzene rings is 1. The van der Waals surface area contributed by atoms with Crippen LogP contribution in [0.15, 0.2) is 29.3 Å². The molecule has 2 fully saturated rings. The summed E-state index contributed by atoms with van der Waals surface area (Å²) in [6, 6.07) is 6.77. The van der Waals surface area contributed by atoms with Crippen molar-refractivity contribution in [2.45, 2.75) is 19.3 Å². The second-order valence-electron chi connectivity index (χ2n) is 6.59. The van der Waals surface area contributed by atoms with Gasteiger partial charge in [0.15, 0.2) is 5.96 Å². The number of piperazine rings is 1. The highest BCUT2D eigenvalue weighted by Crippen LogP contribution is 2.16. The maximum absolute atomic E-state index is 13.0. The van der Waals surface area contributed by atoms with Gasteiger partial charge in [0.05, 0.1) is 6.54 Å². The summed E-state index contributed by atoms with van der Waals surface area (Å²) in [5.74, 6) is 0.529. The zero-order chi connectivity index (χ0) is 16.8. The van der Waals surface area contributed by atoms with Gasteiger partial charge in [0.1, 0.15) is 5.82 Å². The maximum Gasteiger partial charge on any atom is 0.191 e. The summed E-state index contributed by atoms with van der Waals surface area (Å²) in [4.78, 5) is 11.5. The van der Waals surface area contributed by atoms with Crippen LogP contribution in [0.1, 0.15) is 19.3 Å². The van der Waals surface area contributed by atoms with Crippen LogP contribution >= 0.6 is 0 Å². The second kappa shape index (κ2) is 8.33. The Morgan fingerprint density at radius 1 is 0.958 bits per heavy atom. The van der Waals surface area contributed by atoms with E-state index >= 15 is 0 Å². The first kappa shape index (κ1) is 17.0. The Balaban J connectivity index is 1.40. The molecule has 2 aliphatic rings. The van der Waals surface area contributed by atoms with Gasteiger partial charge in [0, 0.05) is 51.5 Å². The smallest absolute Gasteiger partial charge is 0.191 e. The topological polar surface area (TPSA) is 48.1 Å². The molecule has 0 aliphatic carbocycles. The van der Waals surface area contributed by atoms with Crippen molar-refractivity contribution in [2.24, 2.45) is 10.7 Å². The van der Waals surface area contributed by atoms with Gasteiger partial charge in [-0.1, -0.05) is 0 Å². The lowest BCUT2D eigenvalue weighted by molar-refractivity contribution is 0.264. The van der Waals surface area contributed by atoms with Gasteiger partial charge in [-0.05, 0) is 43.5 Å². The molecule has 0 aromatic heterocycles. The standard InChI is InChI=1S/C18H28FN5/c19-16-4-6-17(7-5-16)23-14-12-22(13-15-23)11-8-21-18(20)24-9-2-1-3-10-24/h4-7H,1-3,8-15H2,(H2,20,21). The number of nitrogens with two attached hydrogens (primary N) is 1. The Morgan fingerprint density at radius 2 is 1.62 bits per heavy atom. The first-order valence-electron chi connectivity index (χ1n) is 9.00. The molecular formula is C18H28FN5. The van der Waals surface area contributed by atoms with Crippen LogP contribution in [0.25, 0.3) is 0 Å². The van der Waals surface area contributed by atoms with Crippen molar-refractivity contribution in [2.75, 3.05) is 57.3 Å². The summed E-state index contributed by atoms with van der Waals surface area (Å²) in [7, 11) is 0. The summed E-state index contributed by atoms with van der Waals surface area (Å²) >= 11 is 0. The van der Waals surface area contributed by atoms with E-state index in [-0.39, 0.29) is 5.82 Å². The van der Waals surface area contributed by atoms with Crippen LogP contribution in [0.2, 0.25) is 0 Å². The van der Waals surface area contributed by atoms with E-state index in [0.29, 0.717) is 5.96 Å². The Morgan fingerprint density at radius 3 is 2.29 bits per heavy atom. The Hall–Kier alpha value is -1.82. The largest absolute Gasteiger partial charge is 0.370 e. The minimum absolute atomic E-state index is 0.179. The summed E-state index contributed by atoms with van der Waals surface area (Å²) < 4.78 is 13.0. The van der Waals surface area contributed by atoms with Crippen LogP contribution in [-0.4, -0.2) is 68.1 Å². The van der Waals surface area contributed by atoms with Gasteiger partial charge < -0.3 is 15.5 Å². The fourth-order valence-corrected chi connectivity index (χ4v) is 3.41. The number of rotatable bonds is 4. The van der Waals surface area contributed by atoms with Crippen LogP contribution in [0.5, 0.6) is 0 Å². The van der Waals surface area contributed by atoms with E-state index in [2.05, 4.69) is 19.7 Å². The molecule has 132 valence electrons. The van der Waals surface area contributed by atoms with Gasteiger partial charge in [-0.3, -0.25) is 9.89 Å². The summed E-state index contributed by atoms with van der Waals surface area (Å²) in [6.45, 7) is 7.77. The fourth-order valence-electron chi connectivity index (χ4n) is 3.41. The summed E-state index contributed by atoms with van der Waals surface area (Å²) in [5.41, 5.74) is 7.19. The SMILES string of the molecule is NC(=NCCN1CCN(c2ccc(F)cc2)CC1)N1CCCCC1. The third-order valence-electron chi connectivity index (χ3n) is 4.93. The molecule has 24 heavy (non-hydrogen) atoms. The molecule has 0 spiro atoms. The minimum atomic E-state index is -0.179. The number of anilines is 1. The van der Waals surface area contributed by atoms with Crippen LogP contribution in [-0.2, 0) is 0 Å². The molecular weight excluding hydrogens is 305 g/mol. The van der Waals surface area contributed by atoms with Crippen LogP contribution < -0.4 is 10.6 Å². The molecule has 0 amide bonds. The number of halogens is 1. The van der Waals surface area contributed by atoms with E-state index in [1.807, 2.05) is 12.1 Å². The van der Waals surface area contributed by atoms with E-state index < -0.39 is 0 Å². The van der Waals surface area contributed by atoms with Gasteiger partial charge in [0.2, 0.25) is 0 Å². The number of hydrogen-bond donors (Lipinski definition) is 1. The fraction of sp³-hybridized carbons (Fsp3) is 0.611. The van der Waals surface area contributed by atoms with Crippen LogP contribution in [0, 0.1) is 5.82 Å². The average Bonchev–Trinajstić information content (AvgIpc) is 2.64. The number of aliphatic imine (C=N–C) groups is 1. The summed E-state index contributed by atoms with van der Waals surface area (Å²) in [6.07, 6.45) is 3.76. The van der Waals surface area contributed by atoms with Crippen molar-refractivity contribution in [1.29, 1.82) is 0 Å². The number of hydrogen-bond acceptors (Lipinski definition) is 3. The average molecular weight is 333 g/mol. The molecule has 6 heteroatoms. The van der Waals surface area contributed by atoms with Gasteiger partial charge in [-0.2, -0.15) is 0 Å². The van der Waals surface area contributed by atoms with Gasteiger partial charge in [-0.15, -0.1) is 0 Å². The van der Waals surface area contributed by atoms with E-state index in [4.69, 9.17) is 5.73 Å². The molecule has 5 nitrogen and oxygen atoms in total. The predicted molar refractivity (Wildman–Crippen MR) is 97.0 cm³/mol. The third kappa shape index (κ3) is 4.60. The normalized spacial score (nSPS) is 20.5. The lowest BCUT2D eigenvalue weighted by Gasteiger charge is -2.36. The molecule has 2 heterocycles. The molecule has 2 aliphatic heterocycles. The van der Waals surface area contributed by atoms with Gasteiger partial charge in [-0.25, -0.2) is 4.39 Å². The quantitative estimate of drug-likeness (QED) is 0.674. The van der Waals surface area contributed by atoms with Crippen molar-refractivity contribution in [3.05, 3.63) is 30.1 Å². The number of piperidine rings is 1. The molecule has 0 saturated carbocycles. The number of guanidine groups is 1. The Bertz CT molecular complexity index is 531. The zero-order valence-electron chi connectivity index (χ0n) is 14.3. The highest BCUT2D eigenvalue weighted by atomic mass is 19.1. The number of likely N-dealkylation sites (tertiary alicyclic amines) is 1. The Labute approximate surface area is 143 Å². The molecule has 0 atom stereocenters. The van der Waals surface area contributed by atoms with E-state index in [1.54, 1.807) is 0 Å². The molecule has 0 radical (unpaired) electrons. The minimum Gasteiger partial charge on any atom is -0.370 e. The predicted octanol–water partition coefficient (Wildman–Crippen LogP) is 1.75. The van der Waals surface area contributed by atoms with Crippen LogP contribution in [0.4, 0.5) is 10.1 Å². The lowest BCUT2D eigenvalue weighted by Crippen LogP contribution is -2.47. The van der Waals surface area contributed by atoms with Crippen molar-refractivity contribution in [3.63, 3.8) is 0 Å². The zero-order valence-corrected chi connectivity index (χ0v) is 14.3. The van der Waals surface area contributed by atoms with Gasteiger partial charge >= 0.3 is 0 Å². The van der Waals surface area contributed by atoms with Crippen LogP contribution in [0.3, 0.4) is 0 Å². The van der Waals surface area contributed by atoms with Crippen molar-refractivity contribution >= 4 is 11.6 Å². The third-order valence-corrected chi connectivity index (χ3v) is 4.93. The summed E-state index contributed by atoms with van der Waals surface area (Å²) in [5, 5.41) is 0. The van der Waals surface area contributed by atoms with E-state index in [0.717, 1.165) is 58.0 Å². The Kier molecular flexibility index (Phi) is 5.91. The van der Waals surface area contributed by atoms with Crippen molar-refractivity contribution < 1.29 is 4.39 Å². The number of nitrogens with zero attached hydrogens (tertiary/aromatic N) is 4. The molecule has 1 aromatic carbocycles. The maximum atomic E-state index is 13.0. The molecule has 1 aromatic rings. The molecule has 0 unspecified atom stereocenters. The van der Waals surface area contributed by atoms with Gasteiger partial charge in [0.25, 0.3) is 0 Å². The highest BCUT2D eigenvalue weighted by Gasteiger charge is 2.17. The first-order valence-corrected chi connectivity index (χ1v) is 9.00. The van der Waals surface area contributed by atoms with E-state index in [9.17, 15) is 4.39 Å². The van der Waals surface area contributed by atoms with Crippen molar-refractivity contribution in [3.8, 4) is 0 Å². The van der Waals surface area contributed by atoms with E-state index in [1.165, 1.54) is 31.4 Å². The molecule has 3 rings (SSSR count). The second-order valence-corrected chi connectivity index (χ2v) is 6.59.